The summed E-state index contributed by atoms with van der Waals surface area (Å²) in [6.45, 7) is 5.05. The minimum atomic E-state index is -0.246. The Morgan fingerprint density at radius 3 is 3.00 bits per heavy atom. The quantitative estimate of drug-likeness (QED) is 0.803. The average molecular weight is 236 g/mol. The van der Waals surface area contributed by atoms with Gasteiger partial charge in [-0.05, 0) is 18.1 Å². The van der Waals surface area contributed by atoms with E-state index in [1.807, 2.05) is 24.3 Å². The van der Waals surface area contributed by atoms with E-state index in [1.165, 1.54) is 0 Å². The van der Waals surface area contributed by atoms with Gasteiger partial charge in [0.15, 0.2) is 6.29 Å². The molecule has 94 valence electrons. The molecule has 3 heteroatoms. The first-order chi connectivity index (χ1) is 8.24. The van der Waals surface area contributed by atoms with E-state index in [9.17, 15) is 0 Å². The van der Waals surface area contributed by atoms with Gasteiger partial charge in [-0.3, -0.25) is 0 Å². The Balaban J connectivity index is 2.04. The van der Waals surface area contributed by atoms with E-state index in [4.69, 9.17) is 14.2 Å². The van der Waals surface area contributed by atoms with Crippen LogP contribution in [0, 0.1) is 5.92 Å². The first-order valence-corrected chi connectivity index (χ1v) is 6.15. The van der Waals surface area contributed by atoms with Crippen LogP contribution in [0.3, 0.4) is 0 Å². The van der Waals surface area contributed by atoms with E-state index in [0.717, 1.165) is 17.7 Å². The van der Waals surface area contributed by atoms with Crippen molar-refractivity contribution in [3.63, 3.8) is 0 Å². The summed E-state index contributed by atoms with van der Waals surface area (Å²) in [6, 6.07) is 7.85. The second-order valence-electron chi connectivity index (χ2n) is 4.50. The molecule has 1 aromatic rings. The third kappa shape index (κ3) is 2.79. The molecule has 0 N–H and O–H groups in total. The molecular formula is C14H20O3. The molecule has 1 heterocycles. The van der Waals surface area contributed by atoms with Gasteiger partial charge in [-0.25, -0.2) is 0 Å². The summed E-state index contributed by atoms with van der Waals surface area (Å²) in [7, 11) is 1.66. The maximum Gasteiger partial charge on any atom is 0.184 e. The minimum absolute atomic E-state index is 0.205. The van der Waals surface area contributed by atoms with Gasteiger partial charge in [0.2, 0.25) is 0 Å². The van der Waals surface area contributed by atoms with Gasteiger partial charge in [0.05, 0.1) is 19.8 Å². The minimum Gasteiger partial charge on any atom is -0.497 e. The van der Waals surface area contributed by atoms with Crippen molar-refractivity contribution in [3.05, 3.63) is 29.8 Å². The van der Waals surface area contributed by atoms with Crippen molar-refractivity contribution in [3.8, 4) is 5.75 Å². The summed E-state index contributed by atoms with van der Waals surface area (Å²) in [5.41, 5.74) is 1.02. The van der Waals surface area contributed by atoms with E-state index >= 15 is 0 Å². The molecule has 1 aliphatic heterocycles. The normalized spacial score (nSPS) is 25.8. The van der Waals surface area contributed by atoms with Crippen molar-refractivity contribution in [1.82, 2.24) is 0 Å². The number of rotatable bonds is 4. The van der Waals surface area contributed by atoms with E-state index in [2.05, 4.69) is 13.8 Å². The Morgan fingerprint density at radius 1 is 1.47 bits per heavy atom. The molecule has 1 fully saturated rings. The van der Waals surface area contributed by atoms with Gasteiger partial charge in [0.25, 0.3) is 0 Å². The molecule has 17 heavy (non-hydrogen) atoms. The fourth-order valence-electron chi connectivity index (χ4n) is 1.94. The molecule has 3 atom stereocenters. The van der Waals surface area contributed by atoms with Crippen molar-refractivity contribution >= 4 is 0 Å². The largest absolute Gasteiger partial charge is 0.497 e. The lowest BCUT2D eigenvalue weighted by Gasteiger charge is -2.16. The van der Waals surface area contributed by atoms with Crippen molar-refractivity contribution in [2.45, 2.75) is 32.7 Å². The van der Waals surface area contributed by atoms with Gasteiger partial charge in [-0.15, -0.1) is 0 Å². The second-order valence-corrected chi connectivity index (χ2v) is 4.50. The molecular weight excluding hydrogens is 216 g/mol. The van der Waals surface area contributed by atoms with Gasteiger partial charge in [-0.1, -0.05) is 32.4 Å². The molecule has 0 amide bonds. The maximum atomic E-state index is 5.92. The van der Waals surface area contributed by atoms with Crippen LogP contribution in [0.1, 0.15) is 32.1 Å². The predicted molar refractivity (Wildman–Crippen MR) is 66.0 cm³/mol. The molecule has 0 spiro atoms. The highest BCUT2D eigenvalue weighted by molar-refractivity contribution is 5.29. The van der Waals surface area contributed by atoms with Crippen molar-refractivity contribution < 1.29 is 14.2 Å². The lowest BCUT2D eigenvalue weighted by molar-refractivity contribution is -0.0685. The Kier molecular flexibility index (Phi) is 4.02. The number of hydrogen-bond donors (Lipinski definition) is 0. The summed E-state index contributed by atoms with van der Waals surface area (Å²) in [6.07, 6.45) is 1.07. The number of benzene rings is 1. The van der Waals surface area contributed by atoms with E-state index in [-0.39, 0.29) is 12.4 Å². The summed E-state index contributed by atoms with van der Waals surface area (Å²) < 4.78 is 16.8. The van der Waals surface area contributed by atoms with E-state index in [1.54, 1.807) is 7.11 Å². The first kappa shape index (κ1) is 12.4. The Hall–Kier alpha value is -1.06. The molecule has 2 rings (SSSR count). The van der Waals surface area contributed by atoms with Gasteiger partial charge >= 0.3 is 0 Å². The summed E-state index contributed by atoms with van der Waals surface area (Å²) in [4.78, 5) is 0. The van der Waals surface area contributed by atoms with Crippen LogP contribution in [-0.2, 0) is 9.47 Å². The van der Waals surface area contributed by atoms with Crippen LogP contribution in [-0.4, -0.2) is 19.8 Å². The highest BCUT2D eigenvalue weighted by Gasteiger charge is 2.30. The molecule has 1 aromatic carbocycles. The van der Waals surface area contributed by atoms with Gasteiger partial charge in [-0.2, -0.15) is 0 Å². The van der Waals surface area contributed by atoms with Gasteiger partial charge in [0, 0.05) is 5.56 Å². The van der Waals surface area contributed by atoms with E-state index in [0.29, 0.717) is 12.5 Å². The van der Waals surface area contributed by atoms with Crippen LogP contribution in [0.5, 0.6) is 5.75 Å². The maximum absolute atomic E-state index is 5.92. The summed E-state index contributed by atoms with van der Waals surface area (Å²) in [5.74, 6) is 1.37. The average Bonchev–Trinajstić information content (AvgIpc) is 2.87. The van der Waals surface area contributed by atoms with Crippen LogP contribution in [0.2, 0.25) is 0 Å². The fraction of sp³-hybridized carbons (Fsp3) is 0.571. The molecule has 3 nitrogen and oxygen atoms in total. The van der Waals surface area contributed by atoms with Crippen LogP contribution in [0.25, 0.3) is 0 Å². The fourth-order valence-corrected chi connectivity index (χ4v) is 1.94. The Morgan fingerprint density at radius 2 is 2.29 bits per heavy atom. The summed E-state index contributed by atoms with van der Waals surface area (Å²) >= 11 is 0. The Bertz CT molecular complexity index is 364. The third-order valence-electron chi connectivity index (χ3n) is 3.35. The van der Waals surface area contributed by atoms with Crippen LogP contribution < -0.4 is 4.74 Å². The zero-order chi connectivity index (χ0) is 12.3. The Labute approximate surface area is 103 Å². The highest BCUT2D eigenvalue weighted by atomic mass is 16.7. The lowest BCUT2D eigenvalue weighted by Crippen LogP contribution is -2.19. The van der Waals surface area contributed by atoms with E-state index < -0.39 is 0 Å². The molecule has 0 aliphatic carbocycles. The van der Waals surface area contributed by atoms with Gasteiger partial charge in [0.1, 0.15) is 5.75 Å². The monoisotopic (exact) mass is 236 g/mol. The highest BCUT2D eigenvalue weighted by Crippen LogP contribution is 2.32. The van der Waals surface area contributed by atoms with Gasteiger partial charge < -0.3 is 14.2 Å². The lowest BCUT2D eigenvalue weighted by atomic mass is 10.0. The zero-order valence-corrected chi connectivity index (χ0v) is 10.7. The molecule has 0 saturated carbocycles. The van der Waals surface area contributed by atoms with Crippen molar-refractivity contribution in [2.75, 3.05) is 13.7 Å². The topological polar surface area (TPSA) is 27.7 Å². The van der Waals surface area contributed by atoms with Crippen LogP contribution in [0.15, 0.2) is 24.3 Å². The predicted octanol–water partition coefficient (Wildman–Crippen LogP) is 3.16. The standard InChI is InChI=1S/C14H20O3/c1-4-10(2)13-9-16-14(17-13)11-6-5-7-12(8-11)15-3/h5-8,10,13-14H,4,9H2,1-3H3. The zero-order valence-electron chi connectivity index (χ0n) is 10.7. The number of hydrogen-bond acceptors (Lipinski definition) is 3. The number of ether oxygens (including phenoxy) is 3. The van der Waals surface area contributed by atoms with Crippen molar-refractivity contribution in [1.29, 1.82) is 0 Å². The van der Waals surface area contributed by atoms with Crippen LogP contribution >= 0.6 is 0 Å². The molecule has 0 aromatic heterocycles. The van der Waals surface area contributed by atoms with Crippen molar-refractivity contribution in [2.24, 2.45) is 5.92 Å². The molecule has 1 saturated heterocycles. The SMILES string of the molecule is CCC(C)C1COC(c2cccc(OC)c2)O1. The third-order valence-corrected chi connectivity index (χ3v) is 3.35. The summed E-state index contributed by atoms with van der Waals surface area (Å²) in [5, 5.41) is 0. The smallest absolute Gasteiger partial charge is 0.184 e. The molecule has 3 unspecified atom stereocenters. The van der Waals surface area contributed by atoms with Crippen LogP contribution in [0.4, 0.5) is 0 Å². The molecule has 0 bridgehead atoms. The molecule has 1 aliphatic rings. The second kappa shape index (κ2) is 5.52. The number of methoxy groups -OCH3 is 1. The first-order valence-electron chi connectivity index (χ1n) is 6.15. The molecule has 0 radical (unpaired) electrons.